The molecule has 0 bridgehead atoms. The lowest BCUT2D eigenvalue weighted by Gasteiger charge is -2.17. The molecule has 0 aliphatic heterocycles. The molecular formula is C45H29N3S. The Hall–Kier alpha value is -6.23. The van der Waals surface area contributed by atoms with Crippen molar-refractivity contribution in [3.05, 3.63) is 176 Å². The number of rotatable bonds is 6. The van der Waals surface area contributed by atoms with Crippen LogP contribution in [-0.4, -0.2) is 15.0 Å². The Morgan fingerprint density at radius 2 is 0.816 bits per heavy atom. The standard InChI is InChI=1S/C45H29N3S/c1-4-13-32(14-5-1)42-36(31-25-23-30(24-26-31)35-27-28-41-39(29-35)37-19-10-11-22-40(37)49-41)20-12-21-38(42)45-47-43(33-15-6-2-7-16-33)46-44(48-45)34-17-8-3-9-18-34/h1-29H. The molecular weight excluding hydrogens is 615 g/mol. The van der Waals surface area contributed by atoms with Gasteiger partial charge in [-0.3, -0.25) is 0 Å². The van der Waals surface area contributed by atoms with Gasteiger partial charge < -0.3 is 0 Å². The normalized spacial score (nSPS) is 11.3. The Bertz CT molecular complexity index is 2520. The highest BCUT2D eigenvalue weighted by molar-refractivity contribution is 7.25. The molecule has 0 aliphatic carbocycles. The summed E-state index contributed by atoms with van der Waals surface area (Å²) in [5, 5.41) is 2.62. The monoisotopic (exact) mass is 643 g/mol. The zero-order valence-corrected chi connectivity index (χ0v) is 27.3. The van der Waals surface area contributed by atoms with E-state index in [0.29, 0.717) is 17.5 Å². The van der Waals surface area contributed by atoms with Crippen LogP contribution in [0.2, 0.25) is 0 Å². The van der Waals surface area contributed by atoms with E-state index in [1.807, 2.05) is 72.0 Å². The summed E-state index contributed by atoms with van der Waals surface area (Å²) in [4.78, 5) is 15.1. The van der Waals surface area contributed by atoms with Gasteiger partial charge in [0.15, 0.2) is 17.5 Å². The van der Waals surface area contributed by atoms with Gasteiger partial charge in [-0.05, 0) is 46.0 Å². The van der Waals surface area contributed by atoms with Crippen molar-refractivity contribution in [2.75, 3.05) is 0 Å². The topological polar surface area (TPSA) is 38.7 Å². The van der Waals surface area contributed by atoms with Crippen LogP contribution in [0, 0.1) is 0 Å². The van der Waals surface area contributed by atoms with Gasteiger partial charge in [0.25, 0.3) is 0 Å². The molecule has 0 fully saturated rings. The van der Waals surface area contributed by atoms with E-state index in [0.717, 1.165) is 38.9 Å². The molecule has 0 saturated carbocycles. The Morgan fingerprint density at radius 1 is 0.306 bits per heavy atom. The third-order valence-electron chi connectivity index (χ3n) is 8.97. The van der Waals surface area contributed by atoms with Crippen molar-refractivity contribution >= 4 is 31.5 Å². The summed E-state index contributed by atoms with van der Waals surface area (Å²) in [7, 11) is 0. The van der Waals surface area contributed by atoms with Crippen LogP contribution in [0.25, 0.3) is 87.7 Å². The van der Waals surface area contributed by atoms with Gasteiger partial charge >= 0.3 is 0 Å². The van der Waals surface area contributed by atoms with E-state index in [1.165, 1.54) is 31.3 Å². The molecule has 230 valence electrons. The van der Waals surface area contributed by atoms with Crippen molar-refractivity contribution in [1.29, 1.82) is 0 Å². The second kappa shape index (κ2) is 12.4. The third kappa shape index (κ3) is 5.48. The van der Waals surface area contributed by atoms with E-state index in [2.05, 4.69) is 115 Å². The second-order valence-corrected chi connectivity index (χ2v) is 13.1. The number of hydrogen-bond acceptors (Lipinski definition) is 4. The largest absolute Gasteiger partial charge is 0.208 e. The van der Waals surface area contributed by atoms with Gasteiger partial charge in [-0.1, -0.05) is 158 Å². The summed E-state index contributed by atoms with van der Waals surface area (Å²) in [5.41, 5.74) is 9.71. The van der Waals surface area contributed by atoms with Gasteiger partial charge in [0.05, 0.1) is 0 Å². The maximum Gasteiger partial charge on any atom is 0.164 e. The molecule has 0 radical (unpaired) electrons. The number of hydrogen-bond donors (Lipinski definition) is 0. The Morgan fingerprint density at radius 3 is 1.49 bits per heavy atom. The zero-order chi connectivity index (χ0) is 32.6. The molecule has 4 heteroatoms. The highest BCUT2D eigenvalue weighted by Gasteiger charge is 2.19. The van der Waals surface area contributed by atoms with Crippen LogP contribution in [-0.2, 0) is 0 Å². The van der Waals surface area contributed by atoms with E-state index < -0.39 is 0 Å². The van der Waals surface area contributed by atoms with E-state index in [1.54, 1.807) is 0 Å². The zero-order valence-electron chi connectivity index (χ0n) is 26.5. The predicted octanol–water partition coefficient (Wildman–Crippen LogP) is 12.2. The lowest BCUT2D eigenvalue weighted by Crippen LogP contribution is -2.01. The van der Waals surface area contributed by atoms with Gasteiger partial charge in [0.2, 0.25) is 0 Å². The van der Waals surface area contributed by atoms with E-state index in [4.69, 9.17) is 15.0 Å². The predicted molar refractivity (Wildman–Crippen MR) is 205 cm³/mol. The summed E-state index contributed by atoms with van der Waals surface area (Å²) in [6.45, 7) is 0. The highest BCUT2D eigenvalue weighted by Crippen LogP contribution is 2.41. The first-order valence-corrected chi connectivity index (χ1v) is 17.2. The fraction of sp³-hybridized carbons (Fsp3) is 0. The third-order valence-corrected chi connectivity index (χ3v) is 10.1. The molecule has 7 aromatic carbocycles. The molecule has 0 spiro atoms. The summed E-state index contributed by atoms with van der Waals surface area (Å²) in [6.07, 6.45) is 0. The first kappa shape index (κ1) is 29.0. The van der Waals surface area contributed by atoms with Crippen molar-refractivity contribution in [2.45, 2.75) is 0 Å². The number of benzene rings is 7. The maximum atomic E-state index is 5.09. The van der Waals surface area contributed by atoms with E-state index in [9.17, 15) is 0 Å². The highest BCUT2D eigenvalue weighted by atomic mass is 32.1. The molecule has 0 N–H and O–H groups in total. The number of aromatic nitrogens is 3. The molecule has 0 atom stereocenters. The number of thiophene rings is 1. The molecule has 9 rings (SSSR count). The lowest BCUT2D eigenvalue weighted by atomic mass is 9.89. The minimum absolute atomic E-state index is 0.640. The van der Waals surface area contributed by atoms with Crippen LogP contribution in [0.15, 0.2) is 176 Å². The molecule has 9 aromatic rings. The summed E-state index contributed by atoms with van der Waals surface area (Å²) in [5.74, 6) is 1.93. The van der Waals surface area contributed by atoms with E-state index in [-0.39, 0.29) is 0 Å². The minimum atomic E-state index is 0.640. The van der Waals surface area contributed by atoms with Gasteiger partial charge in [-0.2, -0.15) is 0 Å². The molecule has 0 unspecified atom stereocenters. The average molecular weight is 644 g/mol. The smallest absolute Gasteiger partial charge is 0.164 e. The SMILES string of the molecule is c1ccc(-c2nc(-c3ccccc3)nc(-c3cccc(-c4ccc(-c5ccc6sc7ccccc7c6c5)cc4)c3-c3ccccc3)n2)cc1. The molecule has 2 aromatic heterocycles. The molecule has 0 amide bonds. The molecule has 0 aliphatic rings. The van der Waals surface area contributed by atoms with Crippen molar-refractivity contribution in [1.82, 2.24) is 15.0 Å². The molecule has 3 nitrogen and oxygen atoms in total. The fourth-order valence-corrected chi connectivity index (χ4v) is 7.66. The molecule has 2 heterocycles. The van der Waals surface area contributed by atoms with Crippen molar-refractivity contribution in [2.24, 2.45) is 0 Å². The van der Waals surface area contributed by atoms with Gasteiger partial charge in [-0.25, -0.2) is 15.0 Å². The number of fused-ring (bicyclic) bond motifs is 3. The van der Waals surface area contributed by atoms with Crippen LogP contribution in [0.4, 0.5) is 0 Å². The van der Waals surface area contributed by atoms with E-state index >= 15 is 0 Å². The van der Waals surface area contributed by atoms with Crippen LogP contribution < -0.4 is 0 Å². The Labute approximate surface area is 288 Å². The maximum absolute atomic E-state index is 5.09. The van der Waals surface area contributed by atoms with Crippen LogP contribution >= 0.6 is 11.3 Å². The summed E-state index contributed by atoms with van der Waals surface area (Å²) < 4.78 is 2.64. The van der Waals surface area contributed by atoms with Crippen LogP contribution in [0.1, 0.15) is 0 Å². The van der Waals surface area contributed by atoms with Crippen molar-refractivity contribution in [3.63, 3.8) is 0 Å². The average Bonchev–Trinajstić information content (AvgIpc) is 3.56. The minimum Gasteiger partial charge on any atom is -0.208 e. The molecule has 49 heavy (non-hydrogen) atoms. The second-order valence-electron chi connectivity index (χ2n) is 12.0. The fourth-order valence-electron chi connectivity index (χ4n) is 6.57. The summed E-state index contributed by atoms with van der Waals surface area (Å²) in [6, 6.07) is 61.6. The summed E-state index contributed by atoms with van der Waals surface area (Å²) >= 11 is 1.85. The first-order chi connectivity index (χ1) is 24.3. The van der Waals surface area contributed by atoms with Crippen LogP contribution in [0.5, 0.6) is 0 Å². The number of nitrogens with zero attached hydrogens (tertiary/aromatic N) is 3. The first-order valence-electron chi connectivity index (χ1n) is 16.4. The molecule has 0 saturated heterocycles. The Balaban J connectivity index is 1.19. The van der Waals surface area contributed by atoms with Crippen molar-refractivity contribution < 1.29 is 0 Å². The van der Waals surface area contributed by atoms with Gasteiger partial charge in [0.1, 0.15) is 0 Å². The lowest BCUT2D eigenvalue weighted by molar-refractivity contribution is 1.07. The Kier molecular flexibility index (Phi) is 7.34. The van der Waals surface area contributed by atoms with Gasteiger partial charge in [0, 0.05) is 42.4 Å². The van der Waals surface area contributed by atoms with Crippen LogP contribution in [0.3, 0.4) is 0 Å². The van der Waals surface area contributed by atoms with Crippen molar-refractivity contribution in [3.8, 4) is 67.5 Å². The van der Waals surface area contributed by atoms with Gasteiger partial charge in [-0.15, -0.1) is 11.3 Å². The quantitative estimate of drug-likeness (QED) is 0.181.